The third kappa shape index (κ3) is 4.76. The normalized spacial score (nSPS) is 11.5. The van der Waals surface area contributed by atoms with Crippen LogP contribution in [0.3, 0.4) is 0 Å². The lowest BCUT2D eigenvalue weighted by atomic mass is 9.84. The molecule has 0 fully saturated rings. The van der Waals surface area contributed by atoms with Crippen molar-refractivity contribution in [1.29, 1.82) is 0 Å². The average molecular weight is 601 g/mol. The fourth-order valence-corrected chi connectivity index (χ4v) is 5.34. The van der Waals surface area contributed by atoms with Crippen LogP contribution in [-0.4, -0.2) is 10.2 Å². The largest absolute Gasteiger partial charge is 0.507 e. The van der Waals surface area contributed by atoms with Gasteiger partial charge in [0.1, 0.15) is 34.2 Å². The minimum Gasteiger partial charge on any atom is -0.507 e. The summed E-state index contributed by atoms with van der Waals surface area (Å²) in [6.45, 7) is 3.47. The van der Waals surface area contributed by atoms with E-state index in [4.69, 9.17) is 36.8 Å². The smallest absolute Gasteiger partial charge is 0.344 e. The van der Waals surface area contributed by atoms with Crippen LogP contribution in [0, 0.1) is 13.8 Å². The van der Waals surface area contributed by atoms with E-state index in [1.165, 1.54) is 24.3 Å². The van der Waals surface area contributed by atoms with E-state index in [0.29, 0.717) is 38.2 Å². The van der Waals surface area contributed by atoms with Crippen molar-refractivity contribution in [2.75, 3.05) is 0 Å². The van der Waals surface area contributed by atoms with Gasteiger partial charge in [0.2, 0.25) is 0 Å². The number of para-hydroxylation sites is 1. The maximum absolute atomic E-state index is 13.6. The molecule has 0 radical (unpaired) electrons. The van der Waals surface area contributed by atoms with Crippen LogP contribution < -0.4 is 16.0 Å². The zero-order valence-corrected chi connectivity index (χ0v) is 23.8. The molecule has 7 nitrogen and oxygen atoms in total. The summed E-state index contributed by atoms with van der Waals surface area (Å²) in [6, 6.07) is 21.7. The molecule has 0 atom stereocenters. The van der Waals surface area contributed by atoms with Crippen molar-refractivity contribution in [3.63, 3.8) is 0 Å². The predicted molar refractivity (Wildman–Crippen MR) is 162 cm³/mol. The zero-order chi connectivity index (χ0) is 29.7. The highest BCUT2D eigenvalue weighted by Gasteiger charge is 2.33. The highest BCUT2D eigenvalue weighted by Crippen LogP contribution is 2.44. The second-order valence-corrected chi connectivity index (χ2v) is 10.7. The van der Waals surface area contributed by atoms with Crippen LogP contribution in [0.1, 0.15) is 33.7 Å². The quantitative estimate of drug-likeness (QED) is 0.192. The molecule has 2 aromatic heterocycles. The first-order valence-corrected chi connectivity index (χ1v) is 13.6. The first kappa shape index (κ1) is 27.4. The van der Waals surface area contributed by atoms with E-state index in [2.05, 4.69) is 0 Å². The van der Waals surface area contributed by atoms with Crippen molar-refractivity contribution < 1.29 is 23.8 Å². The van der Waals surface area contributed by atoms with Gasteiger partial charge in [0.25, 0.3) is 0 Å². The van der Waals surface area contributed by atoms with Crippen molar-refractivity contribution in [3.8, 4) is 23.0 Å². The molecule has 0 aliphatic heterocycles. The molecule has 42 heavy (non-hydrogen) atoms. The minimum atomic E-state index is -1.34. The lowest BCUT2D eigenvalue weighted by molar-refractivity contribution is 0.441. The lowest BCUT2D eigenvalue weighted by Crippen LogP contribution is -2.21. The summed E-state index contributed by atoms with van der Waals surface area (Å²) in [5.74, 6) is -1.31. The predicted octanol–water partition coefficient (Wildman–Crippen LogP) is 8.21. The number of aromatic hydroxyl groups is 2. The number of hydrogen-bond acceptors (Lipinski definition) is 7. The molecule has 0 aliphatic carbocycles. The van der Waals surface area contributed by atoms with Crippen LogP contribution in [0.4, 0.5) is 0 Å². The molecule has 9 heteroatoms. The Morgan fingerprint density at radius 1 is 0.667 bits per heavy atom. The van der Waals surface area contributed by atoms with Gasteiger partial charge < -0.3 is 23.8 Å². The summed E-state index contributed by atoms with van der Waals surface area (Å²) in [5, 5.41) is 24.1. The molecule has 0 unspecified atom stereocenters. The molecule has 6 aromatic rings. The summed E-state index contributed by atoms with van der Waals surface area (Å²) in [6.07, 6.45) is 0. The van der Waals surface area contributed by atoms with E-state index in [1.807, 2.05) is 18.2 Å². The average Bonchev–Trinajstić information content (AvgIpc) is 2.95. The van der Waals surface area contributed by atoms with Crippen LogP contribution >= 0.6 is 23.2 Å². The number of halogens is 2. The molecule has 2 N–H and O–H groups in total. The Bertz CT molecular complexity index is 2020. The third-order valence-electron chi connectivity index (χ3n) is 7.13. The summed E-state index contributed by atoms with van der Waals surface area (Å²) in [5.41, 5.74) is -0.574. The highest BCUT2D eigenvalue weighted by atomic mass is 35.5. The molecule has 0 saturated heterocycles. The summed E-state index contributed by atoms with van der Waals surface area (Å²) >= 11 is 12.7. The van der Waals surface area contributed by atoms with E-state index in [9.17, 15) is 19.8 Å². The molecule has 210 valence electrons. The number of ether oxygens (including phenoxy) is 1. The molecule has 4 aromatic carbocycles. The fourth-order valence-electron chi connectivity index (χ4n) is 5.01. The zero-order valence-electron chi connectivity index (χ0n) is 22.3. The Labute approximate surface area is 248 Å². The van der Waals surface area contributed by atoms with Crippen LogP contribution in [0.25, 0.3) is 21.9 Å². The molecule has 0 aliphatic rings. The van der Waals surface area contributed by atoms with Crippen LogP contribution in [0.2, 0.25) is 10.0 Å². The van der Waals surface area contributed by atoms with Gasteiger partial charge >= 0.3 is 11.3 Å². The number of benzene rings is 4. The highest BCUT2D eigenvalue weighted by molar-refractivity contribution is 6.32. The van der Waals surface area contributed by atoms with Gasteiger partial charge in [-0.15, -0.1) is 0 Å². The fraction of sp³-hybridized carbons (Fsp3) is 0.0909. The number of aryl methyl sites for hydroxylation is 2. The number of hydrogen-bond donors (Lipinski definition) is 2. The minimum absolute atomic E-state index is 0.111. The first-order valence-electron chi connectivity index (χ1n) is 12.9. The molecule has 2 heterocycles. The number of rotatable bonds is 5. The SMILES string of the molecule is Cc1cc2oc(=O)c(C(c3cccc(Oc4ccccc4)c3)c3c(O)c4cc(Cl)c(C)cc4oc3=O)c(O)c2cc1Cl. The second-order valence-electron chi connectivity index (χ2n) is 9.92. The van der Waals surface area contributed by atoms with E-state index in [1.54, 1.807) is 50.2 Å². The van der Waals surface area contributed by atoms with Crippen LogP contribution in [-0.2, 0) is 0 Å². The maximum Gasteiger partial charge on any atom is 0.344 e. The van der Waals surface area contributed by atoms with Gasteiger partial charge in [-0.2, -0.15) is 0 Å². The van der Waals surface area contributed by atoms with Gasteiger partial charge in [-0.05, 0) is 79.1 Å². The maximum atomic E-state index is 13.6. The Balaban J connectivity index is 1.66. The Morgan fingerprint density at radius 2 is 1.17 bits per heavy atom. The lowest BCUT2D eigenvalue weighted by Gasteiger charge is -2.20. The Morgan fingerprint density at radius 3 is 1.69 bits per heavy atom. The second kappa shape index (κ2) is 10.6. The standard InChI is InChI=1S/C33H22Cl2O7/c1-16-11-25-21(14-23(16)34)30(36)28(32(38)41-25)27(18-7-6-10-20(13-18)40-19-8-4-3-5-9-19)29-31(37)22-15-24(35)17(2)12-26(22)42-33(29)39/h3-15,27,36-37H,1-2H3. The van der Waals surface area contributed by atoms with Gasteiger partial charge in [0.05, 0.1) is 27.8 Å². The van der Waals surface area contributed by atoms with E-state index in [0.717, 1.165) is 0 Å². The summed E-state index contributed by atoms with van der Waals surface area (Å²) in [7, 11) is 0. The molecule has 0 saturated carbocycles. The Kier molecular flexibility index (Phi) is 6.93. The van der Waals surface area contributed by atoms with Crippen molar-refractivity contribution in [2.24, 2.45) is 0 Å². The first-order chi connectivity index (χ1) is 20.1. The molecular formula is C33H22Cl2O7. The van der Waals surface area contributed by atoms with Crippen molar-refractivity contribution >= 4 is 45.1 Å². The van der Waals surface area contributed by atoms with E-state index in [-0.39, 0.29) is 33.1 Å². The topological polar surface area (TPSA) is 110 Å². The molecular weight excluding hydrogens is 579 g/mol. The van der Waals surface area contributed by atoms with Gasteiger partial charge in [-0.3, -0.25) is 0 Å². The van der Waals surface area contributed by atoms with Crippen LogP contribution in [0.5, 0.6) is 23.0 Å². The van der Waals surface area contributed by atoms with Gasteiger partial charge in [-0.1, -0.05) is 53.5 Å². The third-order valence-corrected chi connectivity index (χ3v) is 7.95. The van der Waals surface area contributed by atoms with E-state index >= 15 is 0 Å². The monoisotopic (exact) mass is 600 g/mol. The van der Waals surface area contributed by atoms with Gasteiger partial charge in [0, 0.05) is 10.0 Å². The van der Waals surface area contributed by atoms with Crippen LogP contribution in [0.15, 0.2) is 97.3 Å². The molecule has 0 spiro atoms. The Hall–Kier alpha value is -4.72. The summed E-state index contributed by atoms with van der Waals surface area (Å²) in [4.78, 5) is 27.1. The summed E-state index contributed by atoms with van der Waals surface area (Å²) < 4.78 is 17.2. The molecule has 0 bridgehead atoms. The van der Waals surface area contributed by atoms with Crippen molar-refractivity contribution in [3.05, 3.63) is 138 Å². The number of fused-ring (bicyclic) bond motifs is 2. The van der Waals surface area contributed by atoms with Crippen molar-refractivity contribution in [2.45, 2.75) is 19.8 Å². The van der Waals surface area contributed by atoms with E-state index < -0.39 is 28.7 Å². The van der Waals surface area contributed by atoms with Gasteiger partial charge in [-0.25, -0.2) is 9.59 Å². The van der Waals surface area contributed by atoms with Crippen molar-refractivity contribution in [1.82, 2.24) is 0 Å². The molecule has 6 rings (SSSR count). The molecule has 0 amide bonds. The van der Waals surface area contributed by atoms with Gasteiger partial charge in [0.15, 0.2) is 0 Å².